The van der Waals surface area contributed by atoms with Crippen LogP contribution in [-0.2, 0) is 9.53 Å². The van der Waals surface area contributed by atoms with Crippen LogP contribution in [0.4, 0.5) is 0 Å². The van der Waals surface area contributed by atoms with Crippen LogP contribution in [0.2, 0.25) is 0 Å². The van der Waals surface area contributed by atoms with E-state index in [9.17, 15) is 15.0 Å². The Hall–Kier alpha value is -1.17. The topological polar surface area (TPSA) is 87.0 Å². The molecule has 0 saturated carbocycles. The van der Waals surface area contributed by atoms with Crippen molar-refractivity contribution in [1.82, 2.24) is 0 Å². The van der Waals surface area contributed by atoms with Crippen LogP contribution >= 0.6 is 0 Å². The first-order chi connectivity index (χ1) is 7.57. The fraction of sp³-hybridized carbons (Fsp3) is 0.545. The molecule has 3 atom stereocenters. The van der Waals surface area contributed by atoms with Gasteiger partial charge in [-0.2, -0.15) is 0 Å². The van der Waals surface area contributed by atoms with E-state index in [4.69, 9.17) is 5.11 Å². The third-order valence-electron chi connectivity index (χ3n) is 2.63. The van der Waals surface area contributed by atoms with Gasteiger partial charge in [0.2, 0.25) is 0 Å². The lowest BCUT2D eigenvalue weighted by atomic mass is 9.85. The Morgan fingerprint density at radius 2 is 2.31 bits per heavy atom. The van der Waals surface area contributed by atoms with Gasteiger partial charge in [0.25, 0.3) is 0 Å². The molecule has 90 valence electrons. The molecule has 0 aromatic rings. The van der Waals surface area contributed by atoms with E-state index in [-0.39, 0.29) is 6.61 Å². The number of rotatable bonds is 4. The van der Waals surface area contributed by atoms with Crippen molar-refractivity contribution in [2.24, 2.45) is 5.92 Å². The summed E-state index contributed by atoms with van der Waals surface area (Å²) in [7, 11) is 0. The minimum atomic E-state index is -2.05. The molecule has 0 aromatic heterocycles. The van der Waals surface area contributed by atoms with Gasteiger partial charge in [0, 0.05) is 0 Å². The van der Waals surface area contributed by atoms with Crippen molar-refractivity contribution < 1.29 is 24.9 Å². The summed E-state index contributed by atoms with van der Waals surface area (Å²) in [6.45, 7) is 1.29. The van der Waals surface area contributed by atoms with E-state index in [1.54, 1.807) is 19.1 Å². The lowest BCUT2D eigenvalue weighted by Crippen LogP contribution is -2.51. The second kappa shape index (κ2) is 5.25. The van der Waals surface area contributed by atoms with Crippen molar-refractivity contribution in [1.29, 1.82) is 0 Å². The number of allylic oxidation sites excluding steroid dienone is 3. The molecule has 0 spiro atoms. The number of carbonyl (C=O) groups is 1. The highest BCUT2D eigenvalue weighted by Crippen LogP contribution is 2.30. The number of carbonyl (C=O) groups excluding carboxylic acids is 1. The Labute approximate surface area is 93.7 Å². The van der Waals surface area contributed by atoms with Gasteiger partial charge in [0.15, 0.2) is 5.60 Å². The van der Waals surface area contributed by atoms with Crippen molar-refractivity contribution >= 4 is 5.97 Å². The molecule has 1 fully saturated rings. The maximum absolute atomic E-state index is 11.3. The Morgan fingerprint density at radius 3 is 2.88 bits per heavy atom. The van der Waals surface area contributed by atoms with Crippen molar-refractivity contribution in [2.75, 3.05) is 13.2 Å². The number of esters is 1. The zero-order valence-corrected chi connectivity index (χ0v) is 9.04. The SMILES string of the molecule is C/C=C/C=C/C(O)C1(O)C(=O)OCC1CO. The molecule has 1 heterocycles. The van der Waals surface area contributed by atoms with E-state index in [1.807, 2.05) is 0 Å². The highest BCUT2D eigenvalue weighted by atomic mass is 16.6. The number of aliphatic hydroxyl groups is 3. The zero-order valence-electron chi connectivity index (χ0n) is 9.04. The molecule has 3 unspecified atom stereocenters. The normalized spacial score (nSPS) is 32.5. The summed E-state index contributed by atoms with van der Waals surface area (Å²) in [4.78, 5) is 11.3. The molecule has 0 aliphatic carbocycles. The maximum atomic E-state index is 11.3. The average molecular weight is 228 g/mol. The summed E-state index contributed by atoms with van der Waals surface area (Å²) in [5.41, 5.74) is -2.05. The van der Waals surface area contributed by atoms with Crippen molar-refractivity contribution in [3.63, 3.8) is 0 Å². The average Bonchev–Trinajstić information content (AvgIpc) is 2.57. The minimum Gasteiger partial charge on any atom is -0.463 e. The molecule has 1 aliphatic rings. The Bertz CT molecular complexity index is 309. The van der Waals surface area contributed by atoms with Crippen LogP contribution in [0.5, 0.6) is 0 Å². The molecule has 16 heavy (non-hydrogen) atoms. The second-order valence-electron chi connectivity index (χ2n) is 3.66. The van der Waals surface area contributed by atoms with Crippen LogP contribution in [0, 0.1) is 5.92 Å². The van der Waals surface area contributed by atoms with Gasteiger partial charge in [-0.05, 0) is 6.92 Å². The van der Waals surface area contributed by atoms with Crippen molar-refractivity contribution in [2.45, 2.75) is 18.6 Å². The van der Waals surface area contributed by atoms with E-state index < -0.39 is 30.2 Å². The summed E-state index contributed by atoms with van der Waals surface area (Å²) < 4.78 is 4.64. The van der Waals surface area contributed by atoms with Crippen LogP contribution < -0.4 is 0 Å². The van der Waals surface area contributed by atoms with E-state index in [0.717, 1.165) is 0 Å². The number of hydrogen-bond donors (Lipinski definition) is 3. The predicted molar refractivity (Wildman–Crippen MR) is 56.4 cm³/mol. The number of ether oxygens (including phenoxy) is 1. The fourth-order valence-corrected chi connectivity index (χ4v) is 1.57. The monoisotopic (exact) mass is 228 g/mol. The number of cyclic esters (lactones) is 1. The van der Waals surface area contributed by atoms with Crippen LogP contribution in [0.15, 0.2) is 24.3 Å². The van der Waals surface area contributed by atoms with Gasteiger partial charge in [-0.15, -0.1) is 0 Å². The molecular weight excluding hydrogens is 212 g/mol. The van der Waals surface area contributed by atoms with Crippen molar-refractivity contribution in [3.8, 4) is 0 Å². The predicted octanol–water partition coefficient (Wildman–Crippen LogP) is -0.624. The first-order valence-corrected chi connectivity index (χ1v) is 5.05. The molecule has 0 radical (unpaired) electrons. The lowest BCUT2D eigenvalue weighted by Gasteiger charge is -2.27. The van der Waals surface area contributed by atoms with E-state index in [1.165, 1.54) is 12.2 Å². The molecular formula is C11H16O5. The van der Waals surface area contributed by atoms with Gasteiger partial charge < -0.3 is 20.1 Å². The molecule has 0 amide bonds. The van der Waals surface area contributed by atoms with E-state index in [0.29, 0.717) is 0 Å². The first kappa shape index (κ1) is 12.9. The highest BCUT2D eigenvalue weighted by Gasteiger charge is 2.55. The molecule has 1 aliphatic heterocycles. The summed E-state index contributed by atoms with van der Waals surface area (Å²) >= 11 is 0. The van der Waals surface area contributed by atoms with Gasteiger partial charge >= 0.3 is 5.97 Å². The molecule has 5 heteroatoms. The third-order valence-corrected chi connectivity index (χ3v) is 2.63. The molecule has 3 N–H and O–H groups in total. The smallest absolute Gasteiger partial charge is 0.341 e. The van der Waals surface area contributed by atoms with Crippen LogP contribution in [0.1, 0.15) is 6.92 Å². The minimum absolute atomic E-state index is 0.0830. The summed E-state index contributed by atoms with van der Waals surface area (Å²) in [6, 6.07) is 0. The van der Waals surface area contributed by atoms with Crippen LogP contribution in [0.25, 0.3) is 0 Å². The Morgan fingerprint density at radius 1 is 1.62 bits per heavy atom. The zero-order chi connectivity index (χ0) is 12.2. The Balaban J connectivity index is 2.85. The van der Waals surface area contributed by atoms with Gasteiger partial charge in [0.1, 0.15) is 6.10 Å². The molecule has 5 nitrogen and oxygen atoms in total. The maximum Gasteiger partial charge on any atom is 0.341 e. The van der Waals surface area contributed by atoms with Crippen molar-refractivity contribution in [3.05, 3.63) is 24.3 Å². The van der Waals surface area contributed by atoms with Crippen LogP contribution in [-0.4, -0.2) is 46.2 Å². The van der Waals surface area contributed by atoms with E-state index >= 15 is 0 Å². The van der Waals surface area contributed by atoms with Gasteiger partial charge in [0.05, 0.1) is 19.1 Å². The van der Waals surface area contributed by atoms with Crippen LogP contribution in [0.3, 0.4) is 0 Å². The standard InChI is InChI=1S/C11H16O5/c1-2-3-4-5-9(13)11(15)8(6-12)7-16-10(11)14/h2-5,8-9,12-13,15H,6-7H2,1H3/b3-2+,5-4+. The third kappa shape index (κ3) is 2.16. The van der Waals surface area contributed by atoms with Gasteiger partial charge in [-0.25, -0.2) is 4.79 Å². The quantitative estimate of drug-likeness (QED) is 0.441. The first-order valence-electron chi connectivity index (χ1n) is 5.05. The molecule has 0 bridgehead atoms. The van der Waals surface area contributed by atoms with Gasteiger partial charge in [-0.1, -0.05) is 24.3 Å². The number of hydrogen-bond acceptors (Lipinski definition) is 5. The largest absolute Gasteiger partial charge is 0.463 e. The fourth-order valence-electron chi connectivity index (χ4n) is 1.57. The Kier molecular flexibility index (Phi) is 4.23. The molecule has 1 rings (SSSR count). The summed E-state index contributed by atoms with van der Waals surface area (Å²) in [5.74, 6) is -1.70. The molecule has 1 saturated heterocycles. The number of aliphatic hydroxyl groups excluding tert-OH is 2. The van der Waals surface area contributed by atoms with Gasteiger partial charge in [-0.3, -0.25) is 0 Å². The second-order valence-corrected chi connectivity index (χ2v) is 3.66. The summed E-state index contributed by atoms with van der Waals surface area (Å²) in [5, 5.41) is 28.8. The highest BCUT2D eigenvalue weighted by molar-refractivity contribution is 5.83. The molecule has 0 aromatic carbocycles. The summed E-state index contributed by atoms with van der Waals surface area (Å²) in [6.07, 6.45) is 4.80. The van der Waals surface area contributed by atoms with E-state index in [2.05, 4.69) is 4.74 Å². The lowest BCUT2D eigenvalue weighted by molar-refractivity contribution is -0.163.